The van der Waals surface area contributed by atoms with Crippen molar-refractivity contribution in [3.05, 3.63) is 54.1 Å². The van der Waals surface area contributed by atoms with Gasteiger partial charge in [0.15, 0.2) is 0 Å². The summed E-state index contributed by atoms with van der Waals surface area (Å²) >= 11 is 1.85. The lowest BCUT2D eigenvalue weighted by molar-refractivity contribution is 0.210. The Labute approximate surface area is 124 Å². The number of fused-ring (bicyclic) bond motifs is 1. The van der Waals surface area contributed by atoms with Crippen LogP contribution in [-0.2, 0) is 6.61 Å². The molecule has 0 N–H and O–H groups in total. The molecule has 0 saturated carbocycles. The molecule has 2 aromatic rings. The number of rotatable bonds is 3. The molecule has 104 valence electrons. The molecule has 2 atom stereocenters. The summed E-state index contributed by atoms with van der Waals surface area (Å²) in [5.41, 5.74) is 1.18. The van der Waals surface area contributed by atoms with Gasteiger partial charge in [-0.2, -0.15) is 0 Å². The Bertz CT molecular complexity index is 583. The highest BCUT2D eigenvalue weighted by Gasteiger charge is 2.24. The van der Waals surface area contributed by atoms with E-state index in [1.165, 1.54) is 10.5 Å². The Morgan fingerprint density at radius 3 is 2.70 bits per heavy atom. The Hall–Kier alpha value is -1.61. The first-order valence-corrected chi connectivity index (χ1v) is 7.74. The second kappa shape index (κ2) is 5.80. The van der Waals surface area contributed by atoms with Gasteiger partial charge in [-0.1, -0.05) is 30.3 Å². The molecule has 0 aromatic heterocycles. The Kier molecular flexibility index (Phi) is 3.88. The lowest BCUT2D eigenvalue weighted by Gasteiger charge is -2.28. The van der Waals surface area contributed by atoms with Gasteiger partial charge in [0.1, 0.15) is 24.2 Å². The van der Waals surface area contributed by atoms with Crippen LogP contribution in [0.15, 0.2) is 53.4 Å². The fourth-order valence-electron chi connectivity index (χ4n) is 2.10. The normalized spacial score (nSPS) is 20.9. The van der Waals surface area contributed by atoms with Gasteiger partial charge >= 0.3 is 0 Å². The van der Waals surface area contributed by atoms with Crippen molar-refractivity contribution in [1.82, 2.24) is 0 Å². The zero-order valence-electron chi connectivity index (χ0n) is 11.7. The lowest BCUT2D eigenvalue weighted by atomic mass is 10.2. The minimum atomic E-state index is 0.253. The third-order valence-corrected chi connectivity index (χ3v) is 4.78. The molecule has 3 heteroatoms. The quantitative estimate of drug-likeness (QED) is 0.826. The van der Waals surface area contributed by atoms with Gasteiger partial charge in [0.2, 0.25) is 0 Å². The molecule has 0 bridgehead atoms. The maximum atomic E-state index is 5.89. The van der Waals surface area contributed by atoms with E-state index in [2.05, 4.69) is 32.0 Å². The molecule has 3 rings (SSSR count). The number of ether oxygens (including phenoxy) is 2. The fraction of sp³-hybridized carbons (Fsp3) is 0.294. The zero-order chi connectivity index (χ0) is 13.9. The summed E-state index contributed by atoms with van der Waals surface area (Å²) in [5.74, 6) is 1.86. The summed E-state index contributed by atoms with van der Waals surface area (Å²) in [5, 5.41) is 0.465. The minimum absolute atomic E-state index is 0.253. The van der Waals surface area contributed by atoms with Crippen LogP contribution in [-0.4, -0.2) is 11.4 Å². The molecule has 0 unspecified atom stereocenters. The fourth-order valence-corrected chi connectivity index (χ4v) is 3.16. The summed E-state index contributed by atoms with van der Waals surface area (Å²) < 4.78 is 11.7. The maximum Gasteiger partial charge on any atom is 0.133 e. The average Bonchev–Trinajstić information content (AvgIpc) is 2.47. The third-order valence-electron chi connectivity index (χ3n) is 3.45. The average molecular weight is 286 g/mol. The number of benzene rings is 2. The topological polar surface area (TPSA) is 18.5 Å². The van der Waals surface area contributed by atoms with Gasteiger partial charge in [-0.3, -0.25) is 0 Å². The second-order valence-corrected chi connectivity index (χ2v) is 6.45. The zero-order valence-corrected chi connectivity index (χ0v) is 12.5. The standard InChI is InChI=1S/C17H18O2S/c1-12-13(2)20-17-10-15(8-9-16(17)19-12)18-11-14-6-4-3-5-7-14/h3-10,12-13H,11H2,1-2H3/t12-,13+/m0/s1. The van der Waals surface area contributed by atoms with Crippen molar-refractivity contribution >= 4 is 11.8 Å². The number of hydrogen-bond donors (Lipinski definition) is 0. The van der Waals surface area contributed by atoms with E-state index >= 15 is 0 Å². The third kappa shape index (κ3) is 2.93. The van der Waals surface area contributed by atoms with Gasteiger partial charge in [0.25, 0.3) is 0 Å². The molecule has 0 fully saturated rings. The molecule has 1 heterocycles. The van der Waals surface area contributed by atoms with Gasteiger partial charge in [-0.05, 0) is 37.6 Å². The summed E-state index contributed by atoms with van der Waals surface area (Å²) in [6.07, 6.45) is 0.253. The predicted molar refractivity (Wildman–Crippen MR) is 82.6 cm³/mol. The number of thioether (sulfide) groups is 1. The van der Waals surface area contributed by atoms with E-state index in [0.29, 0.717) is 11.9 Å². The highest BCUT2D eigenvalue weighted by Crippen LogP contribution is 2.41. The van der Waals surface area contributed by atoms with Crippen molar-refractivity contribution in [2.24, 2.45) is 0 Å². The Morgan fingerprint density at radius 2 is 1.90 bits per heavy atom. The summed E-state index contributed by atoms with van der Waals surface area (Å²) in [7, 11) is 0. The van der Waals surface area contributed by atoms with Crippen LogP contribution in [0, 0.1) is 0 Å². The monoisotopic (exact) mass is 286 g/mol. The van der Waals surface area contributed by atoms with Crippen molar-refractivity contribution < 1.29 is 9.47 Å². The minimum Gasteiger partial charge on any atom is -0.489 e. The van der Waals surface area contributed by atoms with E-state index in [-0.39, 0.29) is 6.10 Å². The van der Waals surface area contributed by atoms with Gasteiger partial charge in [-0.15, -0.1) is 11.8 Å². The van der Waals surface area contributed by atoms with E-state index in [1.807, 2.05) is 42.1 Å². The molecular formula is C17H18O2S. The van der Waals surface area contributed by atoms with Crippen LogP contribution in [0.25, 0.3) is 0 Å². The molecular weight excluding hydrogens is 268 g/mol. The second-order valence-electron chi connectivity index (χ2n) is 5.03. The van der Waals surface area contributed by atoms with Crippen LogP contribution in [0.5, 0.6) is 11.5 Å². The van der Waals surface area contributed by atoms with Crippen molar-refractivity contribution in [2.45, 2.75) is 36.7 Å². The smallest absolute Gasteiger partial charge is 0.133 e. The first-order chi connectivity index (χ1) is 9.72. The molecule has 0 amide bonds. The predicted octanol–water partition coefficient (Wildman–Crippen LogP) is 4.53. The van der Waals surface area contributed by atoms with Gasteiger partial charge in [0, 0.05) is 5.25 Å². The molecule has 1 aliphatic heterocycles. The van der Waals surface area contributed by atoms with E-state index < -0.39 is 0 Å². The van der Waals surface area contributed by atoms with Crippen molar-refractivity contribution in [1.29, 1.82) is 0 Å². The first kappa shape index (κ1) is 13.4. The van der Waals surface area contributed by atoms with Crippen LogP contribution in [0.1, 0.15) is 19.4 Å². The molecule has 0 radical (unpaired) electrons. The molecule has 20 heavy (non-hydrogen) atoms. The maximum absolute atomic E-state index is 5.89. The van der Waals surface area contributed by atoms with Crippen LogP contribution < -0.4 is 9.47 Å². The highest BCUT2D eigenvalue weighted by molar-refractivity contribution is 8.00. The first-order valence-electron chi connectivity index (χ1n) is 6.86. The van der Waals surface area contributed by atoms with Crippen LogP contribution in [0.2, 0.25) is 0 Å². The van der Waals surface area contributed by atoms with E-state index in [1.54, 1.807) is 0 Å². The number of hydrogen-bond acceptors (Lipinski definition) is 3. The van der Waals surface area contributed by atoms with Crippen molar-refractivity contribution in [3.63, 3.8) is 0 Å². The molecule has 1 aliphatic rings. The van der Waals surface area contributed by atoms with E-state index in [9.17, 15) is 0 Å². The van der Waals surface area contributed by atoms with E-state index in [0.717, 1.165) is 11.5 Å². The molecule has 0 spiro atoms. The summed E-state index contributed by atoms with van der Waals surface area (Å²) in [4.78, 5) is 1.17. The van der Waals surface area contributed by atoms with Gasteiger partial charge in [-0.25, -0.2) is 0 Å². The van der Waals surface area contributed by atoms with Crippen molar-refractivity contribution in [2.75, 3.05) is 0 Å². The van der Waals surface area contributed by atoms with Crippen molar-refractivity contribution in [3.8, 4) is 11.5 Å². The Morgan fingerprint density at radius 1 is 1.10 bits per heavy atom. The van der Waals surface area contributed by atoms with Crippen LogP contribution in [0.3, 0.4) is 0 Å². The molecule has 2 aromatic carbocycles. The molecule has 0 aliphatic carbocycles. The van der Waals surface area contributed by atoms with Gasteiger partial charge < -0.3 is 9.47 Å². The summed E-state index contributed by atoms with van der Waals surface area (Å²) in [6, 6.07) is 16.3. The molecule has 2 nitrogen and oxygen atoms in total. The molecule has 0 saturated heterocycles. The van der Waals surface area contributed by atoms with Gasteiger partial charge in [0.05, 0.1) is 4.90 Å². The Balaban J connectivity index is 1.71. The lowest BCUT2D eigenvalue weighted by Crippen LogP contribution is -2.26. The summed E-state index contributed by atoms with van der Waals surface area (Å²) in [6.45, 7) is 4.90. The van der Waals surface area contributed by atoms with E-state index in [4.69, 9.17) is 9.47 Å². The SMILES string of the molecule is C[C@@H]1Oc2ccc(OCc3ccccc3)cc2S[C@@H]1C. The van der Waals surface area contributed by atoms with Crippen LogP contribution >= 0.6 is 11.8 Å². The highest BCUT2D eigenvalue weighted by atomic mass is 32.2. The largest absolute Gasteiger partial charge is 0.489 e. The van der Waals surface area contributed by atoms with Crippen LogP contribution in [0.4, 0.5) is 0 Å².